The molecule has 2 rings (SSSR count). The van der Waals surface area contributed by atoms with Gasteiger partial charge in [0.25, 0.3) is 0 Å². The Labute approximate surface area is 116 Å². The Balaban J connectivity index is 2.12. The topological polar surface area (TPSA) is 75.6 Å². The molecule has 2 N–H and O–H groups in total. The molecule has 0 unspecified atom stereocenters. The SMILES string of the molecule is Cc1cc(N)nc(SCc2ccc(C#N)cc2C)n1. The van der Waals surface area contributed by atoms with Crippen LogP contribution in [0, 0.1) is 25.2 Å². The average molecular weight is 270 g/mol. The minimum atomic E-state index is 0.492. The largest absolute Gasteiger partial charge is 0.384 e. The third-order valence-electron chi connectivity index (χ3n) is 2.68. The molecule has 0 saturated carbocycles. The van der Waals surface area contributed by atoms with Gasteiger partial charge in [0.2, 0.25) is 0 Å². The van der Waals surface area contributed by atoms with Gasteiger partial charge in [-0.15, -0.1) is 0 Å². The van der Waals surface area contributed by atoms with Crippen LogP contribution in [0.25, 0.3) is 0 Å². The second-order valence-electron chi connectivity index (χ2n) is 4.26. The molecule has 0 radical (unpaired) electrons. The molecule has 0 spiro atoms. The van der Waals surface area contributed by atoms with Crippen molar-refractivity contribution in [2.45, 2.75) is 24.8 Å². The molecule has 1 aromatic heterocycles. The normalized spacial score (nSPS) is 10.2. The predicted molar refractivity (Wildman–Crippen MR) is 76.6 cm³/mol. The molecule has 96 valence electrons. The van der Waals surface area contributed by atoms with Crippen LogP contribution >= 0.6 is 11.8 Å². The van der Waals surface area contributed by atoms with Crippen LogP contribution in [0.1, 0.15) is 22.4 Å². The lowest BCUT2D eigenvalue weighted by molar-refractivity contribution is 0.940. The third kappa shape index (κ3) is 3.46. The first-order valence-corrected chi connectivity index (χ1v) is 6.80. The van der Waals surface area contributed by atoms with Gasteiger partial charge in [-0.1, -0.05) is 17.8 Å². The lowest BCUT2D eigenvalue weighted by Crippen LogP contribution is -1.97. The maximum absolute atomic E-state index is 8.83. The summed E-state index contributed by atoms with van der Waals surface area (Å²) in [6, 6.07) is 9.57. The highest BCUT2D eigenvalue weighted by Crippen LogP contribution is 2.23. The molecule has 0 fully saturated rings. The van der Waals surface area contributed by atoms with Crippen molar-refractivity contribution in [3.05, 3.63) is 46.6 Å². The van der Waals surface area contributed by atoms with E-state index in [0.717, 1.165) is 17.0 Å². The fourth-order valence-electron chi connectivity index (χ4n) is 1.70. The molecule has 4 nitrogen and oxygen atoms in total. The van der Waals surface area contributed by atoms with Crippen LogP contribution < -0.4 is 5.73 Å². The van der Waals surface area contributed by atoms with Gasteiger partial charge in [-0.2, -0.15) is 5.26 Å². The highest BCUT2D eigenvalue weighted by atomic mass is 32.2. The van der Waals surface area contributed by atoms with Crippen LogP contribution in [0.4, 0.5) is 5.82 Å². The third-order valence-corrected chi connectivity index (χ3v) is 3.58. The number of rotatable bonds is 3. The van der Waals surface area contributed by atoms with Gasteiger partial charge in [0, 0.05) is 17.5 Å². The molecule has 0 aliphatic heterocycles. The summed E-state index contributed by atoms with van der Waals surface area (Å²) >= 11 is 1.54. The van der Waals surface area contributed by atoms with Gasteiger partial charge in [-0.25, -0.2) is 9.97 Å². The van der Waals surface area contributed by atoms with E-state index in [1.54, 1.807) is 17.8 Å². The number of nitrogens with zero attached hydrogens (tertiary/aromatic N) is 3. The van der Waals surface area contributed by atoms with Crippen molar-refractivity contribution >= 4 is 17.6 Å². The average Bonchev–Trinajstić information content (AvgIpc) is 2.36. The van der Waals surface area contributed by atoms with E-state index in [0.29, 0.717) is 16.5 Å². The molecule has 0 amide bonds. The van der Waals surface area contributed by atoms with Crippen molar-refractivity contribution < 1.29 is 0 Å². The minimum absolute atomic E-state index is 0.492. The molecular formula is C14H14N4S. The summed E-state index contributed by atoms with van der Waals surface area (Å²) in [4.78, 5) is 8.52. The number of anilines is 1. The van der Waals surface area contributed by atoms with E-state index in [1.165, 1.54) is 5.56 Å². The predicted octanol–water partition coefficient (Wildman–Crippen LogP) is 2.84. The first kappa shape index (κ1) is 13.4. The summed E-state index contributed by atoms with van der Waals surface area (Å²) in [7, 11) is 0. The molecule has 0 bridgehead atoms. The number of nitrogen functional groups attached to an aromatic ring is 1. The van der Waals surface area contributed by atoms with Gasteiger partial charge in [-0.3, -0.25) is 0 Å². The zero-order chi connectivity index (χ0) is 13.8. The Morgan fingerprint density at radius 2 is 2.05 bits per heavy atom. The molecule has 0 atom stereocenters. The summed E-state index contributed by atoms with van der Waals surface area (Å²) in [6.07, 6.45) is 0. The van der Waals surface area contributed by atoms with E-state index in [4.69, 9.17) is 11.0 Å². The van der Waals surface area contributed by atoms with E-state index < -0.39 is 0 Å². The summed E-state index contributed by atoms with van der Waals surface area (Å²) in [6.45, 7) is 3.90. The van der Waals surface area contributed by atoms with Gasteiger partial charge >= 0.3 is 0 Å². The second kappa shape index (κ2) is 5.72. The Bertz CT molecular complexity index is 626. The van der Waals surface area contributed by atoms with Crippen LogP contribution in [0.3, 0.4) is 0 Å². The van der Waals surface area contributed by atoms with Gasteiger partial charge < -0.3 is 5.73 Å². The molecule has 2 aromatic rings. The minimum Gasteiger partial charge on any atom is -0.384 e. The van der Waals surface area contributed by atoms with Crippen molar-refractivity contribution in [3.8, 4) is 6.07 Å². The molecule has 0 aliphatic rings. The van der Waals surface area contributed by atoms with E-state index in [-0.39, 0.29) is 0 Å². The monoisotopic (exact) mass is 270 g/mol. The van der Waals surface area contributed by atoms with Gasteiger partial charge in [0.05, 0.1) is 11.6 Å². The molecule has 0 aliphatic carbocycles. The highest BCUT2D eigenvalue weighted by molar-refractivity contribution is 7.98. The lowest BCUT2D eigenvalue weighted by atomic mass is 10.1. The van der Waals surface area contributed by atoms with Crippen molar-refractivity contribution in [1.82, 2.24) is 9.97 Å². The lowest BCUT2D eigenvalue weighted by Gasteiger charge is -2.06. The van der Waals surface area contributed by atoms with Crippen molar-refractivity contribution in [2.75, 3.05) is 5.73 Å². The maximum Gasteiger partial charge on any atom is 0.190 e. The Hall–Kier alpha value is -2.06. The fourth-order valence-corrected chi connectivity index (χ4v) is 2.69. The van der Waals surface area contributed by atoms with E-state index in [2.05, 4.69) is 16.0 Å². The van der Waals surface area contributed by atoms with Crippen molar-refractivity contribution in [2.24, 2.45) is 0 Å². The maximum atomic E-state index is 8.83. The zero-order valence-corrected chi connectivity index (χ0v) is 11.7. The summed E-state index contributed by atoms with van der Waals surface area (Å²) in [5.41, 5.74) is 9.52. The van der Waals surface area contributed by atoms with Crippen molar-refractivity contribution in [1.29, 1.82) is 5.26 Å². The highest BCUT2D eigenvalue weighted by Gasteiger charge is 2.04. The zero-order valence-electron chi connectivity index (χ0n) is 10.8. The van der Waals surface area contributed by atoms with Crippen LogP contribution in [0.5, 0.6) is 0 Å². The number of hydrogen-bond acceptors (Lipinski definition) is 5. The molecule has 5 heteroatoms. The number of nitrogens with two attached hydrogens (primary N) is 1. The molecular weight excluding hydrogens is 256 g/mol. The van der Waals surface area contributed by atoms with Gasteiger partial charge in [0.15, 0.2) is 5.16 Å². The number of aryl methyl sites for hydroxylation is 2. The molecule has 1 aromatic carbocycles. The molecule has 1 heterocycles. The van der Waals surface area contributed by atoms with Crippen LogP contribution in [-0.2, 0) is 5.75 Å². The molecule has 19 heavy (non-hydrogen) atoms. The van der Waals surface area contributed by atoms with Crippen LogP contribution in [0.15, 0.2) is 29.4 Å². The summed E-state index contributed by atoms with van der Waals surface area (Å²) in [5, 5.41) is 9.51. The summed E-state index contributed by atoms with van der Waals surface area (Å²) in [5.74, 6) is 1.26. The smallest absolute Gasteiger partial charge is 0.190 e. The van der Waals surface area contributed by atoms with E-state index >= 15 is 0 Å². The Kier molecular flexibility index (Phi) is 4.03. The van der Waals surface area contributed by atoms with Gasteiger partial charge in [0.1, 0.15) is 5.82 Å². The van der Waals surface area contributed by atoms with E-state index in [9.17, 15) is 0 Å². The number of nitriles is 1. The Morgan fingerprint density at radius 3 is 2.68 bits per heavy atom. The van der Waals surface area contributed by atoms with Crippen LogP contribution in [-0.4, -0.2) is 9.97 Å². The second-order valence-corrected chi connectivity index (χ2v) is 5.20. The summed E-state index contributed by atoms with van der Waals surface area (Å²) < 4.78 is 0. The fraction of sp³-hybridized carbons (Fsp3) is 0.214. The number of thioether (sulfide) groups is 1. The first-order chi connectivity index (χ1) is 9.08. The standard InChI is InChI=1S/C14H14N4S/c1-9-5-11(7-15)3-4-12(9)8-19-14-17-10(2)6-13(16)18-14/h3-6H,8H2,1-2H3,(H2,16,17,18). The van der Waals surface area contributed by atoms with Crippen LogP contribution in [0.2, 0.25) is 0 Å². The van der Waals surface area contributed by atoms with Gasteiger partial charge in [-0.05, 0) is 37.1 Å². The number of aromatic nitrogens is 2. The quantitative estimate of drug-likeness (QED) is 0.685. The number of hydrogen-bond donors (Lipinski definition) is 1. The number of benzene rings is 1. The molecule has 0 saturated heterocycles. The van der Waals surface area contributed by atoms with Crippen molar-refractivity contribution in [3.63, 3.8) is 0 Å². The van der Waals surface area contributed by atoms with E-state index in [1.807, 2.05) is 32.0 Å². The first-order valence-electron chi connectivity index (χ1n) is 5.82. The Morgan fingerprint density at radius 1 is 1.26 bits per heavy atom.